The summed E-state index contributed by atoms with van der Waals surface area (Å²) in [7, 11) is 1.44. The molecular weight excluding hydrogens is 522 g/mol. The maximum atomic E-state index is 13.1. The van der Waals surface area contributed by atoms with Crippen LogP contribution >= 0.6 is 0 Å². The van der Waals surface area contributed by atoms with Gasteiger partial charge in [0.25, 0.3) is 0 Å². The first-order valence-electron chi connectivity index (χ1n) is 12.7. The van der Waals surface area contributed by atoms with E-state index >= 15 is 0 Å². The Morgan fingerprint density at radius 3 is 2.52 bits per heavy atom. The number of phenolic OH excluding ortho intramolecular Hbond substituents is 2. The Labute approximate surface area is 231 Å². The molecule has 0 bridgehead atoms. The van der Waals surface area contributed by atoms with E-state index in [9.17, 15) is 45.0 Å². The van der Waals surface area contributed by atoms with Gasteiger partial charge in [-0.1, -0.05) is 30.4 Å². The molecule has 0 saturated carbocycles. The number of amides is 1. The zero-order valence-corrected chi connectivity index (χ0v) is 22.2. The van der Waals surface area contributed by atoms with Crippen molar-refractivity contribution in [3.05, 3.63) is 58.7 Å². The van der Waals surface area contributed by atoms with Gasteiger partial charge >= 0.3 is 0 Å². The molecule has 216 valence electrons. The summed E-state index contributed by atoms with van der Waals surface area (Å²) < 4.78 is 5.13. The number of aliphatic hydroxyl groups is 4. The summed E-state index contributed by atoms with van der Waals surface area (Å²) in [4.78, 5) is 37.0. The van der Waals surface area contributed by atoms with Crippen molar-refractivity contribution in [3.63, 3.8) is 0 Å². The van der Waals surface area contributed by atoms with Gasteiger partial charge in [0, 0.05) is 37.9 Å². The second-order valence-corrected chi connectivity index (χ2v) is 10.2. The number of carbonyl (C=O) groups is 3. The Bertz CT molecular complexity index is 1310. The lowest BCUT2D eigenvalue weighted by molar-refractivity contribution is -0.148. The smallest absolute Gasteiger partial charge is 0.224 e. The minimum absolute atomic E-state index is 0.0144. The number of fused-ring (bicyclic) bond motifs is 1. The number of primary amides is 1. The molecule has 3 unspecified atom stereocenters. The van der Waals surface area contributed by atoms with Gasteiger partial charge in [0.2, 0.25) is 5.91 Å². The Morgan fingerprint density at radius 2 is 1.90 bits per heavy atom. The normalized spacial score (nSPS) is 19.2. The number of benzene rings is 2. The Kier molecular flexibility index (Phi) is 9.69. The molecule has 0 aliphatic heterocycles. The van der Waals surface area contributed by atoms with Crippen molar-refractivity contribution in [2.24, 2.45) is 11.7 Å². The third-order valence-electron chi connectivity index (χ3n) is 7.29. The van der Waals surface area contributed by atoms with E-state index in [0.29, 0.717) is 28.9 Å². The third kappa shape index (κ3) is 6.68. The predicted octanol–water partition coefficient (Wildman–Crippen LogP) is 0.779. The van der Waals surface area contributed by atoms with Crippen molar-refractivity contribution in [3.8, 4) is 17.2 Å². The zero-order chi connectivity index (χ0) is 29.7. The maximum Gasteiger partial charge on any atom is 0.224 e. The Hall–Kier alpha value is -3.77. The number of para-hydroxylation sites is 1. The first-order chi connectivity index (χ1) is 18.9. The average Bonchev–Trinajstić information content (AvgIpc) is 2.85. The van der Waals surface area contributed by atoms with Crippen LogP contribution in [-0.2, 0) is 22.4 Å². The van der Waals surface area contributed by atoms with Crippen LogP contribution in [0.25, 0.3) is 6.08 Å². The molecule has 1 amide bonds. The molecule has 40 heavy (non-hydrogen) atoms. The van der Waals surface area contributed by atoms with Crippen molar-refractivity contribution in [1.82, 2.24) is 0 Å². The molecule has 11 heteroatoms. The van der Waals surface area contributed by atoms with Crippen LogP contribution in [0.15, 0.2) is 36.4 Å². The van der Waals surface area contributed by atoms with E-state index in [1.54, 1.807) is 36.4 Å². The standard InChI is InChI=1S/C29H35NO10/c1-40-24-7-3-6-18(27(24)37)5-2-4-17-8-9-21(33)26-19(17)13-28(38,14-23(26)35)16-29(39,10-11-31)20(15-32)22(34)12-25(30)36/h2-4,6-9,20,31-33,37-39H,5,10-16H2,1H3,(H2,30,36)/b4-2-. The number of aliphatic hydroxyl groups excluding tert-OH is 2. The number of nitrogens with two attached hydrogens (primary N) is 1. The third-order valence-corrected chi connectivity index (χ3v) is 7.29. The van der Waals surface area contributed by atoms with Gasteiger partial charge in [0.15, 0.2) is 17.3 Å². The molecule has 0 radical (unpaired) electrons. The van der Waals surface area contributed by atoms with E-state index in [-0.39, 0.29) is 23.5 Å². The molecule has 11 nitrogen and oxygen atoms in total. The first-order valence-corrected chi connectivity index (χ1v) is 12.7. The number of rotatable bonds is 13. The molecule has 0 aromatic heterocycles. The van der Waals surface area contributed by atoms with E-state index in [4.69, 9.17) is 10.5 Å². The van der Waals surface area contributed by atoms with Crippen LogP contribution in [-0.4, -0.2) is 79.6 Å². The lowest BCUT2D eigenvalue weighted by Crippen LogP contribution is -2.53. The van der Waals surface area contributed by atoms with Crippen LogP contribution < -0.4 is 10.5 Å². The number of methoxy groups -OCH3 is 1. The Balaban J connectivity index is 1.95. The Morgan fingerprint density at radius 1 is 1.18 bits per heavy atom. The van der Waals surface area contributed by atoms with Gasteiger partial charge in [-0.25, -0.2) is 0 Å². The van der Waals surface area contributed by atoms with Crippen molar-refractivity contribution in [2.75, 3.05) is 20.3 Å². The summed E-state index contributed by atoms with van der Waals surface area (Å²) in [5.74, 6) is -3.96. The van der Waals surface area contributed by atoms with Gasteiger partial charge in [0.1, 0.15) is 11.5 Å². The van der Waals surface area contributed by atoms with Crippen LogP contribution in [0, 0.1) is 5.92 Å². The SMILES string of the molecule is COc1cccc(C/C=C\c2ccc(O)c3c2CC(O)(CC(O)(CCO)C(CO)C(=O)CC(N)=O)CC3=O)c1O. The summed E-state index contributed by atoms with van der Waals surface area (Å²) in [5, 5.41) is 63.2. The van der Waals surface area contributed by atoms with E-state index < -0.39 is 73.5 Å². The summed E-state index contributed by atoms with van der Waals surface area (Å²) in [6.07, 6.45) is 1.21. The van der Waals surface area contributed by atoms with Crippen LogP contribution in [0.4, 0.5) is 0 Å². The predicted molar refractivity (Wildman–Crippen MR) is 144 cm³/mol. The topological polar surface area (TPSA) is 208 Å². The fourth-order valence-electron chi connectivity index (χ4n) is 5.44. The molecule has 1 aliphatic rings. The van der Waals surface area contributed by atoms with Crippen molar-refractivity contribution in [2.45, 2.75) is 49.7 Å². The number of Topliss-reactive ketones (excluding diaryl/α,β-unsaturated/α-hetero) is 2. The molecule has 0 spiro atoms. The minimum Gasteiger partial charge on any atom is -0.507 e. The number of carbonyl (C=O) groups excluding carboxylic acids is 3. The van der Waals surface area contributed by atoms with Crippen LogP contribution in [0.5, 0.6) is 17.2 Å². The monoisotopic (exact) mass is 557 g/mol. The van der Waals surface area contributed by atoms with Crippen molar-refractivity contribution < 1.29 is 49.8 Å². The molecule has 2 aromatic carbocycles. The number of allylic oxidation sites excluding steroid dienone is 1. The number of hydrogen-bond acceptors (Lipinski definition) is 10. The molecule has 0 fully saturated rings. The highest BCUT2D eigenvalue weighted by atomic mass is 16.5. The number of ketones is 2. The van der Waals surface area contributed by atoms with Gasteiger partial charge < -0.3 is 41.1 Å². The molecule has 3 atom stereocenters. The van der Waals surface area contributed by atoms with Crippen molar-refractivity contribution in [1.29, 1.82) is 0 Å². The summed E-state index contributed by atoms with van der Waals surface area (Å²) in [6, 6.07) is 7.98. The van der Waals surface area contributed by atoms with Gasteiger partial charge in [0.05, 0.1) is 42.8 Å². The van der Waals surface area contributed by atoms with Crippen molar-refractivity contribution >= 4 is 23.5 Å². The minimum atomic E-state index is -2.17. The molecule has 0 heterocycles. The molecule has 1 aliphatic carbocycles. The molecular formula is C29H35NO10. The number of phenols is 2. The highest BCUT2D eigenvalue weighted by Gasteiger charge is 2.49. The van der Waals surface area contributed by atoms with Gasteiger partial charge in [-0.2, -0.15) is 0 Å². The molecule has 0 saturated heterocycles. The van der Waals surface area contributed by atoms with Gasteiger partial charge in [-0.15, -0.1) is 0 Å². The fraction of sp³-hybridized carbons (Fsp3) is 0.414. The fourth-order valence-corrected chi connectivity index (χ4v) is 5.44. The van der Waals surface area contributed by atoms with E-state index in [1.807, 2.05) is 0 Å². The largest absolute Gasteiger partial charge is 0.507 e. The second-order valence-electron chi connectivity index (χ2n) is 10.2. The number of aromatic hydroxyl groups is 2. The van der Waals surface area contributed by atoms with Crippen LogP contribution in [0.2, 0.25) is 0 Å². The molecule has 8 N–H and O–H groups in total. The summed E-state index contributed by atoms with van der Waals surface area (Å²) >= 11 is 0. The highest BCUT2D eigenvalue weighted by molar-refractivity contribution is 6.03. The van der Waals surface area contributed by atoms with Crippen LogP contribution in [0.1, 0.15) is 52.7 Å². The molecule has 3 rings (SSSR count). The van der Waals surface area contributed by atoms with E-state index in [2.05, 4.69) is 0 Å². The quantitative estimate of drug-likeness (QED) is 0.172. The lowest BCUT2D eigenvalue weighted by Gasteiger charge is -2.42. The van der Waals surface area contributed by atoms with Gasteiger partial charge in [-0.05, 0) is 29.7 Å². The molecule has 2 aromatic rings. The maximum absolute atomic E-state index is 13.1. The van der Waals surface area contributed by atoms with Gasteiger partial charge in [-0.3, -0.25) is 14.4 Å². The first kappa shape index (κ1) is 30.8. The van der Waals surface area contributed by atoms with E-state index in [0.717, 1.165) is 0 Å². The van der Waals surface area contributed by atoms with Crippen LogP contribution in [0.3, 0.4) is 0 Å². The number of ether oxygens (including phenoxy) is 1. The summed E-state index contributed by atoms with van der Waals surface area (Å²) in [6.45, 7) is -1.49. The van der Waals surface area contributed by atoms with E-state index in [1.165, 1.54) is 13.2 Å². The number of hydrogen-bond donors (Lipinski definition) is 7. The average molecular weight is 558 g/mol. The lowest BCUT2D eigenvalue weighted by atomic mass is 9.68. The summed E-state index contributed by atoms with van der Waals surface area (Å²) in [5.41, 5.74) is 2.41. The second kappa shape index (κ2) is 12.6. The zero-order valence-electron chi connectivity index (χ0n) is 22.2. The highest BCUT2D eigenvalue weighted by Crippen LogP contribution is 2.42.